The Hall–Kier alpha value is -0.980. The number of sulfonamides is 1. The number of hydrogen-bond acceptors (Lipinski definition) is 3. The van der Waals surface area contributed by atoms with Crippen molar-refractivity contribution in [2.45, 2.75) is 38.1 Å². The van der Waals surface area contributed by atoms with Crippen LogP contribution in [0.2, 0.25) is 0 Å². The Labute approximate surface area is 120 Å². The maximum atomic E-state index is 12.3. The molecule has 0 heterocycles. The van der Waals surface area contributed by atoms with Gasteiger partial charge in [-0.3, -0.25) is 0 Å². The fourth-order valence-corrected chi connectivity index (χ4v) is 3.71. The highest BCUT2D eigenvalue weighted by Gasteiger charge is 2.21. The topological polar surface area (TPSA) is 72.2 Å². The van der Waals surface area contributed by atoms with E-state index in [0.29, 0.717) is 11.5 Å². The van der Waals surface area contributed by atoms with E-state index in [1.54, 1.807) is 18.2 Å². The van der Waals surface area contributed by atoms with Crippen molar-refractivity contribution in [3.05, 3.63) is 29.8 Å². The van der Waals surface area contributed by atoms with Crippen molar-refractivity contribution < 1.29 is 8.42 Å². The Balaban J connectivity index is 3.04. The maximum absolute atomic E-state index is 12.3. The minimum absolute atomic E-state index is 0.0810. The summed E-state index contributed by atoms with van der Waals surface area (Å²) < 4.78 is 27.3. The van der Waals surface area contributed by atoms with E-state index in [1.165, 1.54) is 6.07 Å². The summed E-state index contributed by atoms with van der Waals surface area (Å²) in [7, 11) is -3.60. The summed E-state index contributed by atoms with van der Waals surface area (Å²) in [5, 5.41) is 0. The monoisotopic (exact) mass is 300 g/mol. The lowest BCUT2D eigenvalue weighted by atomic mass is 10.1. The summed E-state index contributed by atoms with van der Waals surface area (Å²) in [6, 6.07) is 6.36. The van der Waals surface area contributed by atoms with Gasteiger partial charge in [0.05, 0.1) is 4.90 Å². The molecular weight excluding hydrogens is 280 g/mol. The van der Waals surface area contributed by atoms with Crippen molar-refractivity contribution >= 4 is 27.2 Å². The maximum Gasteiger partial charge on any atom is 0.241 e. The molecule has 0 spiro atoms. The molecule has 0 saturated carbocycles. The molecule has 0 aliphatic carbocycles. The summed E-state index contributed by atoms with van der Waals surface area (Å²) in [6.07, 6.45) is 0.772. The summed E-state index contributed by atoms with van der Waals surface area (Å²) in [4.78, 5) is 0.218. The van der Waals surface area contributed by atoms with Crippen LogP contribution in [0.3, 0.4) is 0 Å². The van der Waals surface area contributed by atoms with E-state index in [1.807, 2.05) is 20.8 Å². The van der Waals surface area contributed by atoms with E-state index in [4.69, 9.17) is 18.0 Å². The Kier molecular flexibility index (Phi) is 5.46. The highest BCUT2D eigenvalue weighted by molar-refractivity contribution is 7.89. The van der Waals surface area contributed by atoms with Crippen LogP contribution in [-0.2, 0) is 10.0 Å². The zero-order valence-corrected chi connectivity index (χ0v) is 13.0. The van der Waals surface area contributed by atoms with E-state index in [9.17, 15) is 8.42 Å². The second-order valence-electron chi connectivity index (χ2n) is 5.01. The average molecular weight is 300 g/mol. The summed E-state index contributed by atoms with van der Waals surface area (Å²) in [5.41, 5.74) is 5.94. The van der Waals surface area contributed by atoms with Crippen LogP contribution in [0.1, 0.15) is 32.8 Å². The smallest absolute Gasteiger partial charge is 0.241 e. The lowest BCUT2D eigenvalue weighted by Crippen LogP contribution is -2.34. The van der Waals surface area contributed by atoms with Gasteiger partial charge in [-0.05, 0) is 25.3 Å². The average Bonchev–Trinajstić information content (AvgIpc) is 2.26. The van der Waals surface area contributed by atoms with Crippen LogP contribution in [-0.4, -0.2) is 19.4 Å². The molecule has 0 aliphatic rings. The van der Waals surface area contributed by atoms with E-state index in [-0.39, 0.29) is 15.9 Å². The molecule has 6 heteroatoms. The first-order valence-corrected chi connectivity index (χ1v) is 8.04. The zero-order valence-electron chi connectivity index (χ0n) is 11.4. The van der Waals surface area contributed by atoms with Gasteiger partial charge in [0.25, 0.3) is 0 Å². The lowest BCUT2D eigenvalue weighted by molar-refractivity contribution is 0.482. The molecule has 0 aliphatic heterocycles. The van der Waals surface area contributed by atoms with E-state index < -0.39 is 10.0 Å². The van der Waals surface area contributed by atoms with Gasteiger partial charge in [-0.25, -0.2) is 13.1 Å². The molecule has 19 heavy (non-hydrogen) atoms. The van der Waals surface area contributed by atoms with Gasteiger partial charge in [0.1, 0.15) is 4.99 Å². The number of benzene rings is 1. The lowest BCUT2D eigenvalue weighted by Gasteiger charge is -2.17. The Morgan fingerprint density at radius 1 is 1.32 bits per heavy atom. The molecule has 0 aromatic heterocycles. The third-order valence-corrected chi connectivity index (χ3v) is 4.49. The summed E-state index contributed by atoms with van der Waals surface area (Å²) in [6.45, 7) is 5.95. The van der Waals surface area contributed by atoms with Crippen LogP contribution in [0.4, 0.5) is 0 Å². The third kappa shape index (κ3) is 4.56. The van der Waals surface area contributed by atoms with Crippen molar-refractivity contribution in [3.8, 4) is 0 Å². The zero-order chi connectivity index (χ0) is 14.6. The van der Waals surface area contributed by atoms with Gasteiger partial charge in [0.15, 0.2) is 0 Å². The van der Waals surface area contributed by atoms with Crippen molar-refractivity contribution in [2.24, 2.45) is 11.7 Å². The molecule has 1 aromatic rings. The standard InChI is InChI=1S/C13H20N2O2S2/c1-9(2)8-10(3)15-19(16,17)12-7-5-4-6-11(12)13(14)18/h4-7,9-10,15H,8H2,1-3H3,(H2,14,18). The summed E-state index contributed by atoms with van der Waals surface area (Å²) >= 11 is 4.89. The second kappa shape index (κ2) is 6.45. The molecule has 106 valence electrons. The fourth-order valence-electron chi connectivity index (χ4n) is 1.99. The molecule has 0 radical (unpaired) electrons. The fraction of sp³-hybridized carbons (Fsp3) is 0.462. The number of nitrogens with two attached hydrogens (primary N) is 1. The minimum Gasteiger partial charge on any atom is -0.389 e. The molecule has 1 aromatic carbocycles. The van der Waals surface area contributed by atoms with Gasteiger partial charge in [0, 0.05) is 11.6 Å². The van der Waals surface area contributed by atoms with Crippen molar-refractivity contribution in [3.63, 3.8) is 0 Å². The van der Waals surface area contributed by atoms with Crippen molar-refractivity contribution in [1.82, 2.24) is 4.72 Å². The van der Waals surface area contributed by atoms with Crippen LogP contribution in [0, 0.1) is 5.92 Å². The number of nitrogens with one attached hydrogen (secondary N) is 1. The molecule has 1 unspecified atom stereocenters. The molecule has 0 fully saturated rings. The normalized spacial score (nSPS) is 13.5. The highest BCUT2D eigenvalue weighted by Crippen LogP contribution is 2.16. The molecule has 4 nitrogen and oxygen atoms in total. The van der Waals surface area contributed by atoms with Crippen molar-refractivity contribution in [2.75, 3.05) is 0 Å². The predicted molar refractivity (Wildman–Crippen MR) is 81.6 cm³/mol. The number of hydrogen-bond donors (Lipinski definition) is 2. The van der Waals surface area contributed by atoms with Crippen LogP contribution in [0.5, 0.6) is 0 Å². The summed E-state index contributed by atoms with van der Waals surface area (Å²) in [5.74, 6) is 0.420. The van der Waals surface area contributed by atoms with E-state index in [0.717, 1.165) is 6.42 Å². The first-order valence-electron chi connectivity index (χ1n) is 6.15. The minimum atomic E-state index is -3.60. The third-order valence-electron chi connectivity index (χ3n) is 2.62. The Morgan fingerprint density at radius 3 is 2.42 bits per heavy atom. The quantitative estimate of drug-likeness (QED) is 0.789. The van der Waals surface area contributed by atoms with Crippen LogP contribution in [0.25, 0.3) is 0 Å². The largest absolute Gasteiger partial charge is 0.389 e. The van der Waals surface area contributed by atoms with E-state index >= 15 is 0 Å². The first kappa shape index (κ1) is 16.1. The van der Waals surface area contributed by atoms with Gasteiger partial charge in [-0.1, -0.05) is 44.3 Å². The molecule has 1 atom stereocenters. The molecule has 0 saturated heterocycles. The number of thiocarbonyl (C=S) groups is 1. The van der Waals surface area contributed by atoms with Crippen LogP contribution < -0.4 is 10.5 Å². The van der Waals surface area contributed by atoms with Gasteiger partial charge in [-0.15, -0.1) is 0 Å². The SMILES string of the molecule is CC(C)CC(C)NS(=O)(=O)c1ccccc1C(N)=S. The Bertz CT molecular complexity index is 554. The van der Waals surface area contributed by atoms with Gasteiger partial charge < -0.3 is 5.73 Å². The van der Waals surface area contributed by atoms with Crippen molar-refractivity contribution in [1.29, 1.82) is 0 Å². The van der Waals surface area contributed by atoms with Crippen LogP contribution in [0.15, 0.2) is 29.2 Å². The molecule has 3 N–H and O–H groups in total. The highest BCUT2D eigenvalue weighted by atomic mass is 32.2. The Morgan fingerprint density at radius 2 is 1.89 bits per heavy atom. The van der Waals surface area contributed by atoms with Gasteiger partial charge in [0.2, 0.25) is 10.0 Å². The van der Waals surface area contributed by atoms with Crippen LogP contribution >= 0.6 is 12.2 Å². The van der Waals surface area contributed by atoms with Gasteiger partial charge in [-0.2, -0.15) is 0 Å². The first-order chi connectivity index (χ1) is 8.74. The molecule has 0 bridgehead atoms. The van der Waals surface area contributed by atoms with Gasteiger partial charge >= 0.3 is 0 Å². The second-order valence-corrected chi connectivity index (χ2v) is 7.13. The predicted octanol–water partition coefficient (Wildman–Crippen LogP) is 2.03. The van der Waals surface area contributed by atoms with E-state index in [2.05, 4.69) is 4.72 Å². The molecule has 1 rings (SSSR count). The number of rotatable bonds is 6. The molecule has 0 amide bonds. The molecular formula is C13H20N2O2S2.